The highest BCUT2D eigenvalue weighted by Gasteiger charge is 2.24. The summed E-state index contributed by atoms with van der Waals surface area (Å²) in [7, 11) is 0. The second-order valence-corrected chi connectivity index (χ2v) is 9.47. The zero-order valence-corrected chi connectivity index (χ0v) is 20.9. The summed E-state index contributed by atoms with van der Waals surface area (Å²) in [5.41, 5.74) is 5.57. The number of aryl methyl sites for hydroxylation is 1. The molecule has 1 atom stereocenters. The van der Waals surface area contributed by atoms with E-state index in [0.717, 1.165) is 64.2 Å². The van der Waals surface area contributed by atoms with E-state index in [0.29, 0.717) is 26.2 Å². The van der Waals surface area contributed by atoms with Crippen molar-refractivity contribution in [2.24, 2.45) is 0 Å². The average Bonchev–Trinajstić information content (AvgIpc) is 3.62. The van der Waals surface area contributed by atoms with Gasteiger partial charge in [0.1, 0.15) is 5.75 Å². The molecule has 0 saturated carbocycles. The van der Waals surface area contributed by atoms with Crippen LogP contribution in [0.3, 0.4) is 0 Å². The Balaban J connectivity index is 1.19. The van der Waals surface area contributed by atoms with Crippen LogP contribution in [-0.4, -0.2) is 57.2 Å². The van der Waals surface area contributed by atoms with Crippen LogP contribution < -0.4 is 10.1 Å². The predicted octanol–water partition coefficient (Wildman–Crippen LogP) is 3.92. The number of hydrogen-bond donors (Lipinski definition) is 2. The molecule has 4 aromatic rings. The first-order valence-electron chi connectivity index (χ1n) is 12.9. The highest BCUT2D eigenvalue weighted by Crippen LogP contribution is 2.31. The standard InChI is InChI=1S/C28H29N5O5/c34-27(35)14-26(18-12-20(16-29-15-18)28-37-10-11-38-28)33-25-6-4-22(13-19(25)17-31-33)36-9-7-21-3-5-23-24(32-21)2-1-8-30-23/h3-6,12-13,15-17,26,28,30H,1-2,7-11,14H2,(H,34,35)/t26-/m0/s1. The Hall–Kier alpha value is -4.02. The van der Waals surface area contributed by atoms with Crippen molar-refractivity contribution in [1.82, 2.24) is 19.7 Å². The number of nitrogens with one attached hydrogen (secondary N) is 1. The lowest BCUT2D eigenvalue weighted by Crippen LogP contribution is -2.17. The fraction of sp³-hybridized carbons (Fsp3) is 0.357. The molecule has 2 aliphatic rings. The third kappa shape index (κ3) is 5.18. The van der Waals surface area contributed by atoms with E-state index < -0.39 is 18.3 Å². The number of nitrogens with zero attached hydrogens (tertiary/aromatic N) is 4. The number of hydrogen-bond acceptors (Lipinski definition) is 8. The first-order chi connectivity index (χ1) is 18.6. The third-order valence-electron chi connectivity index (χ3n) is 6.85. The highest BCUT2D eigenvalue weighted by molar-refractivity contribution is 5.81. The quantitative estimate of drug-likeness (QED) is 0.342. The SMILES string of the molecule is O=C(O)C[C@@H](c1cncc(C2OCCO2)c1)n1ncc2cc(OCCc3ccc4c(n3)CCCN4)ccc21. The highest BCUT2D eigenvalue weighted by atomic mass is 16.7. The Morgan fingerprint density at radius 2 is 2.05 bits per heavy atom. The van der Waals surface area contributed by atoms with E-state index in [4.69, 9.17) is 19.2 Å². The van der Waals surface area contributed by atoms with Crippen LogP contribution in [0.25, 0.3) is 10.9 Å². The van der Waals surface area contributed by atoms with Crippen LogP contribution in [0.5, 0.6) is 5.75 Å². The minimum absolute atomic E-state index is 0.143. The van der Waals surface area contributed by atoms with E-state index in [9.17, 15) is 9.90 Å². The molecule has 10 heteroatoms. The molecule has 0 amide bonds. The Morgan fingerprint density at radius 3 is 2.92 bits per heavy atom. The smallest absolute Gasteiger partial charge is 0.305 e. The number of carboxylic acids is 1. The first kappa shape index (κ1) is 24.3. The van der Waals surface area contributed by atoms with Gasteiger partial charge in [-0.1, -0.05) is 0 Å². The molecule has 1 fully saturated rings. The van der Waals surface area contributed by atoms with Gasteiger partial charge in [0.2, 0.25) is 0 Å². The van der Waals surface area contributed by atoms with E-state index in [2.05, 4.69) is 21.5 Å². The molecule has 10 nitrogen and oxygen atoms in total. The van der Waals surface area contributed by atoms with Crippen LogP contribution in [0.1, 0.15) is 47.7 Å². The van der Waals surface area contributed by atoms with Crippen LogP contribution in [0.4, 0.5) is 5.69 Å². The molecule has 5 heterocycles. The van der Waals surface area contributed by atoms with Gasteiger partial charge in [-0.3, -0.25) is 19.4 Å². The monoisotopic (exact) mass is 515 g/mol. The molecule has 0 aliphatic carbocycles. The van der Waals surface area contributed by atoms with Crippen LogP contribution in [0, 0.1) is 0 Å². The second-order valence-electron chi connectivity index (χ2n) is 9.47. The number of carboxylic acid groups (broad SMARTS) is 1. The summed E-state index contributed by atoms with van der Waals surface area (Å²) in [4.78, 5) is 20.9. The number of fused-ring (bicyclic) bond motifs is 2. The van der Waals surface area contributed by atoms with Crippen molar-refractivity contribution in [2.75, 3.05) is 31.7 Å². The van der Waals surface area contributed by atoms with Gasteiger partial charge in [0, 0.05) is 42.0 Å². The van der Waals surface area contributed by atoms with Gasteiger partial charge in [-0.2, -0.15) is 5.10 Å². The molecule has 3 aromatic heterocycles. The van der Waals surface area contributed by atoms with Crippen molar-refractivity contribution >= 4 is 22.6 Å². The topological polar surface area (TPSA) is 121 Å². The molecule has 0 radical (unpaired) electrons. The number of aromatic nitrogens is 4. The molecule has 1 saturated heterocycles. The second kappa shape index (κ2) is 10.8. The lowest BCUT2D eigenvalue weighted by atomic mass is 10.0. The van der Waals surface area contributed by atoms with Crippen molar-refractivity contribution in [1.29, 1.82) is 0 Å². The Labute approximate surface area is 219 Å². The van der Waals surface area contributed by atoms with Gasteiger partial charge in [0.15, 0.2) is 6.29 Å². The van der Waals surface area contributed by atoms with E-state index in [1.165, 1.54) is 0 Å². The van der Waals surface area contributed by atoms with Crippen molar-refractivity contribution in [3.8, 4) is 5.75 Å². The molecule has 6 rings (SSSR count). The minimum atomic E-state index is -0.927. The van der Waals surface area contributed by atoms with Gasteiger partial charge in [-0.15, -0.1) is 0 Å². The lowest BCUT2D eigenvalue weighted by Gasteiger charge is -2.19. The van der Waals surface area contributed by atoms with E-state index >= 15 is 0 Å². The summed E-state index contributed by atoms with van der Waals surface area (Å²) in [6.07, 6.45) is 7.26. The molecule has 2 aliphatic heterocycles. The molecule has 38 heavy (non-hydrogen) atoms. The molecule has 0 spiro atoms. The zero-order valence-electron chi connectivity index (χ0n) is 20.9. The summed E-state index contributed by atoms with van der Waals surface area (Å²) in [5, 5.41) is 18.5. The third-order valence-corrected chi connectivity index (χ3v) is 6.85. The van der Waals surface area contributed by atoms with Crippen LogP contribution >= 0.6 is 0 Å². The number of ether oxygens (including phenoxy) is 3. The minimum Gasteiger partial charge on any atom is -0.493 e. The summed E-state index contributed by atoms with van der Waals surface area (Å²) < 4.78 is 18.9. The van der Waals surface area contributed by atoms with Gasteiger partial charge in [0.05, 0.1) is 55.4 Å². The Bertz CT molecular complexity index is 1450. The van der Waals surface area contributed by atoms with Crippen molar-refractivity contribution < 1.29 is 24.1 Å². The molecule has 1 aromatic carbocycles. The molecule has 2 N–H and O–H groups in total. The number of benzene rings is 1. The average molecular weight is 516 g/mol. The molecule has 196 valence electrons. The maximum atomic E-state index is 11.8. The summed E-state index contributed by atoms with van der Waals surface area (Å²) in [5.74, 6) is -0.199. The normalized spacial score (nSPS) is 16.2. The van der Waals surface area contributed by atoms with Crippen molar-refractivity contribution in [2.45, 2.75) is 38.0 Å². The summed E-state index contributed by atoms with van der Waals surface area (Å²) in [6, 6.07) is 11.2. The van der Waals surface area contributed by atoms with Gasteiger partial charge in [-0.05, 0) is 54.8 Å². The van der Waals surface area contributed by atoms with Gasteiger partial charge < -0.3 is 24.6 Å². The summed E-state index contributed by atoms with van der Waals surface area (Å²) >= 11 is 0. The van der Waals surface area contributed by atoms with Gasteiger partial charge in [-0.25, -0.2) is 0 Å². The van der Waals surface area contributed by atoms with Crippen molar-refractivity contribution in [3.05, 3.63) is 77.5 Å². The van der Waals surface area contributed by atoms with E-state index in [1.807, 2.05) is 30.3 Å². The van der Waals surface area contributed by atoms with Gasteiger partial charge >= 0.3 is 5.97 Å². The zero-order chi connectivity index (χ0) is 25.9. The van der Waals surface area contributed by atoms with Crippen molar-refractivity contribution in [3.63, 3.8) is 0 Å². The Morgan fingerprint density at radius 1 is 1.16 bits per heavy atom. The largest absolute Gasteiger partial charge is 0.493 e. The summed E-state index contributed by atoms with van der Waals surface area (Å²) in [6.45, 7) is 2.54. The van der Waals surface area contributed by atoms with Crippen LogP contribution in [0.15, 0.2) is 55.0 Å². The van der Waals surface area contributed by atoms with Crippen LogP contribution in [0.2, 0.25) is 0 Å². The first-order valence-corrected chi connectivity index (χ1v) is 12.9. The fourth-order valence-corrected chi connectivity index (χ4v) is 5.01. The van der Waals surface area contributed by atoms with E-state index in [-0.39, 0.29) is 6.42 Å². The molecular formula is C28H29N5O5. The fourth-order valence-electron chi connectivity index (χ4n) is 5.01. The number of anilines is 1. The van der Waals surface area contributed by atoms with E-state index in [1.54, 1.807) is 23.3 Å². The number of carbonyl (C=O) groups is 1. The van der Waals surface area contributed by atoms with Crippen LogP contribution in [-0.2, 0) is 27.1 Å². The molecule has 0 unspecified atom stereocenters. The van der Waals surface area contributed by atoms with Gasteiger partial charge in [0.25, 0.3) is 0 Å². The Kier molecular flexibility index (Phi) is 6.89. The number of pyridine rings is 2. The molecular weight excluding hydrogens is 486 g/mol. The maximum absolute atomic E-state index is 11.8. The number of rotatable bonds is 9. The molecule has 0 bridgehead atoms. The lowest BCUT2D eigenvalue weighted by molar-refractivity contribution is -0.137. The maximum Gasteiger partial charge on any atom is 0.305 e. The predicted molar refractivity (Wildman–Crippen MR) is 139 cm³/mol. The number of aliphatic carboxylic acids is 1.